The first kappa shape index (κ1) is 21.8. The molecule has 0 aromatic heterocycles. The summed E-state index contributed by atoms with van der Waals surface area (Å²) in [5, 5.41) is 12.1. The third kappa shape index (κ3) is 6.02. The van der Waals surface area contributed by atoms with E-state index >= 15 is 0 Å². The Morgan fingerprint density at radius 3 is 1.84 bits per heavy atom. The van der Waals surface area contributed by atoms with Gasteiger partial charge < -0.3 is 15.2 Å². The Hall–Kier alpha value is -3.93. The first-order valence-electron chi connectivity index (χ1n) is 9.80. The summed E-state index contributed by atoms with van der Waals surface area (Å²) >= 11 is 0. The standard InChI is InChI=1S/C25H23NO5/c1-16-3-9-19(10-4-16)23(27)26-22(24(28)29)15-18-7-13-21(14-8-18)31-25(30)20-11-5-17(2)6-12-20/h3-14,22H,15H2,1-2H3,(H,26,27)(H,28,29)/t22-/m0/s1. The van der Waals surface area contributed by atoms with Crippen LogP contribution in [0.1, 0.15) is 37.4 Å². The molecule has 0 saturated carbocycles. The molecule has 31 heavy (non-hydrogen) atoms. The third-order valence-electron chi connectivity index (χ3n) is 4.78. The molecule has 2 N–H and O–H groups in total. The van der Waals surface area contributed by atoms with Gasteiger partial charge in [0, 0.05) is 12.0 Å². The summed E-state index contributed by atoms with van der Waals surface area (Å²) in [7, 11) is 0. The van der Waals surface area contributed by atoms with Crippen LogP contribution in [-0.2, 0) is 11.2 Å². The molecular formula is C25H23NO5. The number of hydrogen-bond donors (Lipinski definition) is 2. The summed E-state index contributed by atoms with van der Waals surface area (Å²) in [6, 6.07) is 19.4. The number of carbonyl (C=O) groups is 3. The number of esters is 1. The maximum absolute atomic E-state index is 12.4. The molecule has 0 aliphatic heterocycles. The minimum atomic E-state index is -1.13. The van der Waals surface area contributed by atoms with Gasteiger partial charge in [0.1, 0.15) is 11.8 Å². The van der Waals surface area contributed by atoms with Crippen LogP contribution in [0.25, 0.3) is 0 Å². The number of aliphatic carboxylic acids is 1. The zero-order valence-electron chi connectivity index (χ0n) is 17.3. The van der Waals surface area contributed by atoms with Crippen molar-refractivity contribution < 1.29 is 24.2 Å². The molecule has 0 aliphatic carbocycles. The molecule has 3 aromatic carbocycles. The Kier molecular flexibility index (Phi) is 6.82. The van der Waals surface area contributed by atoms with Crippen molar-refractivity contribution in [3.8, 4) is 5.75 Å². The molecule has 6 nitrogen and oxygen atoms in total. The minimum absolute atomic E-state index is 0.0964. The minimum Gasteiger partial charge on any atom is -0.480 e. The molecule has 0 unspecified atom stereocenters. The molecule has 0 bridgehead atoms. The van der Waals surface area contributed by atoms with Gasteiger partial charge in [-0.2, -0.15) is 0 Å². The van der Waals surface area contributed by atoms with E-state index in [1.807, 2.05) is 26.0 Å². The summed E-state index contributed by atoms with van der Waals surface area (Å²) in [4.78, 5) is 36.2. The molecule has 0 heterocycles. The highest BCUT2D eigenvalue weighted by Gasteiger charge is 2.21. The number of rotatable bonds is 7. The Bertz CT molecular complexity index is 1070. The number of ether oxygens (including phenoxy) is 1. The van der Waals surface area contributed by atoms with Crippen molar-refractivity contribution in [1.29, 1.82) is 0 Å². The fraction of sp³-hybridized carbons (Fsp3) is 0.160. The smallest absolute Gasteiger partial charge is 0.343 e. The molecule has 1 atom stereocenters. The molecule has 158 valence electrons. The number of carbonyl (C=O) groups excluding carboxylic acids is 2. The largest absolute Gasteiger partial charge is 0.480 e. The first-order valence-corrected chi connectivity index (χ1v) is 9.80. The molecule has 0 saturated heterocycles. The molecule has 1 amide bonds. The summed E-state index contributed by atoms with van der Waals surface area (Å²) in [6.45, 7) is 3.84. The average Bonchev–Trinajstić information content (AvgIpc) is 2.75. The molecule has 0 radical (unpaired) electrons. The lowest BCUT2D eigenvalue weighted by molar-refractivity contribution is -0.139. The Morgan fingerprint density at radius 1 is 0.806 bits per heavy atom. The van der Waals surface area contributed by atoms with Crippen LogP contribution in [0.4, 0.5) is 0 Å². The number of benzene rings is 3. The van der Waals surface area contributed by atoms with Crippen molar-refractivity contribution in [3.63, 3.8) is 0 Å². The third-order valence-corrected chi connectivity index (χ3v) is 4.78. The van der Waals surface area contributed by atoms with E-state index in [0.29, 0.717) is 22.4 Å². The number of hydrogen-bond acceptors (Lipinski definition) is 4. The summed E-state index contributed by atoms with van der Waals surface area (Å²) in [5.74, 6) is -1.70. The van der Waals surface area contributed by atoms with Crippen LogP contribution >= 0.6 is 0 Å². The number of aryl methyl sites for hydroxylation is 2. The Morgan fingerprint density at radius 2 is 1.32 bits per heavy atom. The highest BCUT2D eigenvalue weighted by molar-refractivity contribution is 5.96. The molecule has 0 aliphatic rings. The van der Waals surface area contributed by atoms with Crippen LogP contribution in [0.5, 0.6) is 5.75 Å². The van der Waals surface area contributed by atoms with Crippen molar-refractivity contribution in [2.24, 2.45) is 0 Å². The van der Waals surface area contributed by atoms with Gasteiger partial charge in [0.15, 0.2) is 0 Å². The van der Waals surface area contributed by atoms with Gasteiger partial charge in [-0.05, 0) is 55.8 Å². The van der Waals surface area contributed by atoms with Crippen LogP contribution in [0.15, 0.2) is 72.8 Å². The van der Waals surface area contributed by atoms with Crippen LogP contribution in [-0.4, -0.2) is 29.0 Å². The normalized spacial score (nSPS) is 11.4. The Labute approximate surface area is 180 Å². The van der Waals surface area contributed by atoms with Crippen molar-refractivity contribution in [2.75, 3.05) is 0 Å². The lowest BCUT2D eigenvalue weighted by Gasteiger charge is -2.15. The SMILES string of the molecule is Cc1ccc(C(=O)N[C@@H](Cc2ccc(OC(=O)c3ccc(C)cc3)cc2)C(=O)O)cc1. The van der Waals surface area contributed by atoms with Crippen molar-refractivity contribution in [3.05, 3.63) is 101 Å². The van der Waals surface area contributed by atoms with Gasteiger partial charge in [-0.15, -0.1) is 0 Å². The monoisotopic (exact) mass is 417 g/mol. The second-order valence-corrected chi connectivity index (χ2v) is 7.33. The van der Waals surface area contributed by atoms with Gasteiger partial charge in [0.2, 0.25) is 0 Å². The topological polar surface area (TPSA) is 92.7 Å². The maximum Gasteiger partial charge on any atom is 0.343 e. The van der Waals surface area contributed by atoms with Gasteiger partial charge in [0.05, 0.1) is 5.56 Å². The molecule has 0 spiro atoms. The van der Waals surface area contributed by atoms with E-state index in [2.05, 4.69) is 5.32 Å². The van der Waals surface area contributed by atoms with Crippen molar-refractivity contribution >= 4 is 17.8 Å². The average molecular weight is 417 g/mol. The van der Waals surface area contributed by atoms with Gasteiger partial charge in [-0.25, -0.2) is 9.59 Å². The molecule has 3 aromatic rings. The number of carboxylic acids is 1. The number of nitrogens with one attached hydrogen (secondary N) is 1. The molecule has 3 rings (SSSR count). The molecular weight excluding hydrogens is 394 g/mol. The fourth-order valence-corrected chi connectivity index (χ4v) is 2.93. The van der Waals surface area contributed by atoms with Gasteiger partial charge in [0.25, 0.3) is 5.91 Å². The van der Waals surface area contributed by atoms with Crippen LogP contribution in [0.2, 0.25) is 0 Å². The first-order chi connectivity index (χ1) is 14.8. The van der Waals surface area contributed by atoms with Crippen LogP contribution in [0.3, 0.4) is 0 Å². The van der Waals surface area contributed by atoms with Crippen molar-refractivity contribution in [1.82, 2.24) is 5.32 Å². The highest BCUT2D eigenvalue weighted by Crippen LogP contribution is 2.16. The van der Waals surface area contributed by atoms with E-state index in [1.165, 1.54) is 0 Å². The summed E-state index contributed by atoms with van der Waals surface area (Å²) in [6.07, 6.45) is 0.0964. The van der Waals surface area contributed by atoms with E-state index in [-0.39, 0.29) is 6.42 Å². The quantitative estimate of drug-likeness (QED) is 0.449. The Balaban J connectivity index is 1.62. The number of amides is 1. The zero-order chi connectivity index (χ0) is 22.4. The van der Waals surface area contributed by atoms with E-state index in [1.54, 1.807) is 60.7 Å². The number of carboxylic acid groups (broad SMARTS) is 1. The van der Waals surface area contributed by atoms with Gasteiger partial charge >= 0.3 is 11.9 Å². The second kappa shape index (κ2) is 9.71. The maximum atomic E-state index is 12.4. The lowest BCUT2D eigenvalue weighted by Crippen LogP contribution is -2.42. The van der Waals surface area contributed by atoms with Gasteiger partial charge in [-0.3, -0.25) is 4.79 Å². The van der Waals surface area contributed by atoms with E-state index < -0.39 is 23.9 Å². The summed E-state index contributed by atoms with van der Waals surface area (Å²) < 4.78 is 5.35. The van der Waals surface area contributed by atoms with E-state index in [4.69, 9.17) is 4.74 Å². The van der Waals surface area contributed by atoms with Gasteiger partial charge in [-0.1, -0.05) is 47.5 Å². The zero-order valence-corrected chi connectivity index (χ0v) is 17.3. The molecule has 6 heteroatoms. The predicted octanol–water partition coefficient (Wildman–Crippen LogP) is 3.95. The van der Waals surface area contributed by atoms with E-state index in [0.717, 1.165) is 11.1 Å². The fourth-order valence-electron chi connectivity index (χ4n) is 2.93. The second-order valence-electron chi connectivity index (χ2n) is 7.33. The summed E-state index contributed by atoms with van der Waals surface area (Å²) in [5.41, 5.74) is 3.58. The van der Waals surface area contributed by atoms with Crippen LogP contribution < -0.4 is 10.1 Å². The van der Waals surface area contributed by atoms with Crippen molar-refractivity contribution in [2.45, 2.75) is 26.3 Å². The molecule has 0 fully saturated rings. The van der Waals surface area contributed by atoms with Crippen LogP contribution in [0, 0.1) is 13.8 Å². The predicted molar refractivity (Wildman–Crippen MR) is 116 cm³/mol. The lowest BCUT2D eigenvalue weighted by atomic mass is 10.0. The highest BCUT2D eigenvalue weighted by atomic mass is 16.5. The van der Waals surface area contributed by atoms with E-state index in [9.17, 15) is 19.5 Å².